The number of benzene rings is 1. The lowest BCUT2D eigenvalue weighted by Gasteiger charge is -2.22. The van der Waals surface area contributed by atoms with Crippen molar-refractivity contribution in [3.05, 3.63) is 41.0 Å². The van der Waals surface area contributed by atoms with Gasteiger partial charge in [0.1, 0.15) is 0 Å². The standard InChI is InChI=1S/C16H16F3N3/c1-22-9-8-20-21-15(22)12-6-7-13(11-4-2-3-5-11)14(10-12)16(17,18)19/h4,6-8,10H,2-3,5,9H2,1H3. The SMILES string of the molecule is CN1CC=NN=C1c1ccc(C2=CCCC2)c(C(F)(F)F)c1. The maximum absolute atomic E-state index is 13.4. The van der Waals surface area contributed by atoms with Crippen LogP contribution in [0.25, 0.3) is 5.57 Å². The molecule has 3 rings (SSSR count). The Labute approximate surface area is 126 Å². The first-order valence-corrected chi connectivity index (χ1v) is 7.18. The van der Waals surface area contributed by atoms with Gasteiger partial charge in [0, 0.05) is 18.8 Å². The molecule has 0 saturated heterocycles. The molecule has 2 aliphatic rings. The molecule has 1 aromatic carbocycles. The summed E-state index contributed by atoms with van der Waals surface area (Å²) >= 11 is 0. The van der Waals surface area contributed by atoms with E-state index in [2.05, 4.69) is 10.2 Å². The minimum absolute atomic E-state index is 0.288. The highest BCUT2D eigenvalue weighted by atomic mass is 19.4. The Morgan fingerprint density at radius 2 is 2.05 bits per heavy atom. The van der Waals surface area contributed by atoms with E-state index in [1.54, 1.807) is 30.3 Å². The highest BCUT2D eigenvalue weighted by Gasteiger charge is 2.35. The number of nitrogens with zero attached hydrogens (tertiary/aromatic N) is 3. The quantitative estimate of drug-likeness (QED) is 0.813. The topological polar surface area (TPSA) is 28.0 Å². The number of hydrogen-bond donors (Lipinski definition) is 0. The van der Waals surface area contributed by atoms with E-state index in [0.717, 1.165) is 18.4 Å². The van der Waals surface area contributed by atoms with Gasteiger partial charge in [-0.3, -0.25) is 0 Å². The van der Waals surface area contributed by atoms with Crippen LogP contribution in [-0.4, -0.2) is 30.5 Å². The van der Waals surface area contributed by atoms with Gasteiger partial charge in [-0.05, 0) is 36.5 Å². The van der Waals surface area contributed by atoms with Gasteiger partial charge in [0.25, 0.3) is 0 Å². The Kier molecular flexibility index (Phi) is 3.76. The van der Waals surface area contributed by atoms with Crippen molar-refractivity contribution in [3.63, 3.8) is 0 Å². The van der Waals surface area contributed by atoms with Crippen LogP contribution in [0, 0.1) is 0 Å². The molecule has 0 fully saturated rings. The fraction of sp³-hybridized carbons (Fsp3) is 0.375. The average molecular weight is 307 g/mol. The van der Waals surface area contributed by atoms with Gasteiger partial charge in [-0.25, -0.2) is 0 Å². The molecule has 1 aliphatic carbocycles. The van der Waals surface area contributed by atoms with Crippen molar-refractivity contribution in [2.75, 3.05) is 13.6 Å². The lowest BCUT2D eigenvalue weighted by molar-refractivity contribution is -0.137. The molecular weight excluding hydrogens is 291 g/mol. The van der Waals surface area contributed by atoms with Crippen molar-refractivity contribution in [1.29, 1.82) is 0 Å². The van der Waals surface area contributed by atoms with E-state index in [0.29, 0.717) is 24.4 Å². The molecular formula is C16H16F3N3. The molecule has 1 heterocycles. The third-order valence-electron chi connectivity index (χ3n) is 3.92. The number of amidine groups is 1. The van der Waals surface area contributed by atoms with Gasteiger partial charge in [0.2, 0.25) is 0 Å². The fourth-order valence-corrected chi connectivity index (χ4v) is 2.81. The largest absolute Gasteiger partial charge is 0.417 e. The number of halogens is 3. The zero-order chi connectivity index (χ0) is 15.7. The van der Waals surface area contributed by atoms with Gasteiger partial charge >= 0.3 is 6.18 Å². The first kappa shape index (κ1) is 14.8. The van der Waals surface area contributed by atoms with Gasteiger partial charge in [0.05, 0.1) is 12.1 Å². The number of hydrogen-bond acceptors (Lipinski definition) is 3. The van der Waals surface area contributed by atoms with Gasteiger partial charge in [-0.15, -0.1) is 5.10 Å². The van der Waals surface area contributed by atoms with Crippen LogP contribution in [0.4, 0.5) is 13.2 Å². The number of allylic oxidation sites excluding steroid dienone is 2. The van der Waals surface area contributed by atoms with Crippen LogP contribution in [0.5, 0.6) is 0 Å². The molecule has 22 heavy (non-hydrogen) atoms. The minimum Gasteiger partial charge on any atom is -0.352 e. The molecule has 0 N–H and O–H groups in total. The summed E-state index contributed by atoms with van der Waals surface area (Å²) in [5.74, 6) is 0.458. The summed E-state index contributed by atoms with van der Waals surface area (Å²) < 4.78 is 40.3. The van der Waals surface area contributed by atoms with Crippen LogP contribution in [-0.2, 0) is 6.18 Å². The second-order valence-electron chi connectivity index (χ2n) is 5.48. The van der Waals surface area contributed by atoms with Crippen LogP contribution in [0.15, 0.2) is 34.5 Å². The lowest BCUT2D eigenvalue weighted by atomic mass is 9.96. The number of alkyl halides is 3. The van der Waals surface area contributed by atoms with E-state index in [1.165, 1.54) is 6.07 Å². The predicted octanol–water partition coefficient (Wildman–Crippen LogP) is 3.95. The summed E-state index contributed by atoms with van der Waals surface area (Å²) in [5, 5.41) is 7.77. The van der Waals surface area contributed by atoms with E-state index < -0.39 is 11.7 Å². The maximum Gasteiger partial charge on any atom is 0.417 e. The molecule has 0 amide bonds. The molecule has 1 aromatic rings. The highest BCUT2D eigenvalue weighted by molar-refractivity contribution is 6.01. The molecule has 6 heteroatoms. The molecule has 0 bridgehead atoms. The van der Waals surface area contributed by atoms with Crippen molar-refractivity contribution < 1.29 is 13.2 Å². The second kappa shape index (κ2) is 5.59. The maximum atomic E-state index is 13.4. The number of rotatable bonds is 2. The van der Waals surface area contributed by atoms with Gasteiger partial charge in [-0.2, -0.15) is 18.3 Å². The van der Waals surface area contributed by atoms with Crippen LogP contribution in [0.1, 0.15) is 36.0 Å². The molecule has 0 radical (unpaired) electrons. The van der Waals surface area contributed by atoms with Crippen molar-refractivity contribution in [2.24, 2.45) is 10.2 Å². The minimum atomic E-state index is -4.38. The predicted molar refractivity (Wildman–Crippen MR) is 80.9 cm³/mol. The first-order chi connectivity index (χ1) is 10.5. The third kappa shape index (κ3) is 2.77. The average Bonchev–Trinajstić information content (AvgIpc) is 3.00. The highest BCUT2D eigenvalue weighted by Crippen LogP contribution is 2.39. The van der Waals surface area contributed by atoms with Crippen molar-refractivity contribution >= 4 is 17.6 Å². The van der Waals surface area contributed by atoms with E-state index in [9.17, 15) is 13.2 Å². The zero-order valence-corrected chi connectivity index (χ0v) is 12.2. The monoisotopic (exact) mass is 307 g/mol. The Morgan fingerprint density at radius 3 is 2.68 bits per heavy atom. The Balaban J connectivity index is 2.08. The summed E-state index contributed by atoms with van der Waals surface area (Å²) in [6.45, 7) is 0.535. The molecule has 0 unspecified atom stereocenters. The lowest BCUT2D eigenvalue weighted by Crippen LogP contribution is -2.31. The van der Waals surface area contributed by atoms with Gasteiger partial charge in [0.15, 0.2) is 5.84 Å². The van der Waals surface area contributed by atoms with Crippen molar-refractivity contribution in [2.45, 2.75) is 25.4 Å². The summed E-state index contributed by atoms with van der Waals surface area (Å²) in [6, 6.07) is 4.44. The van der Waals surface area contributed by atoms with Crippen molar-refractivity contribution in [3.8, 4) is 0 Å². The Bertz CT molecular complexity index is 672. The summed E-state index contributed by atoms with van der Waals surface area (Å²) in [6.07, 6.45) is 1.60. The van der Waals surface area contributed by atoms with Gasteiger partial charge in [-0.1, -0.05) is 18.2 Å². The third-order valence-corrected chi connectivity index (χ3v) is 3.92. The molecule has 0 atom stereocenters. The Morgan fingerprint density at radius 1 is 1.23 bits per heavy atom. The summed E-state index contributed by atoms with van der Waals surface area (Å²) in [7, 11) is 1.78. The van der Waals surface area contributed by atoms with E-state index in [4.69, 9.17) is 0 Å². The van der Waals surface area contributed by atoms with Gasteiger partial charge < -0.3 is 4.90 Å². The van der Waals surface area contributed by atoms with E-state index >= 15 is 0 Å². The van der Waals surface area contributed by atoms with Crippen LogP contribution in [0.2, 0.25) is 0 Å². The zero-order valence-electron chi connectivity index (χ0n) is 12.2. The Hall–Kier alpha value is -2.11. The molecule has 1 aliphatic heterocycles. The molecule has 116 valence electrons. The van der Waals surface area contributed by atoms with E-state index in [-0.39, 0.29) is 5.56 Å². The molecule has 0 spiro atoms. The normalized spacial score (nSPS) is 18.5. The smallest absolute Gasteiger partial charge is 0.352 e. The van der Waals surface area contributed by atoms with Crippen LogP contribution in [0.3, 0.4) is 0 Å². The molecule has 0 saturated carbocycles. The first-order valence-electron chi connectivity index (χ1n) is 7.18. The van der Waals surface area contributed by atoms with Crippen LogP contribution < -0.4 is 0 Å². The van der Waals surface area contributed by atoms with E-state index in [1.807, 2.05) is 6.08 Å². The molecule has 0 aromatic heterocycles. The summed E-state index contributed by atoms with van der Waals surface area (Å²) in [4.78, 5) is 1.77. The fourth-order valence-electron chi connectivity index (χ4n) is 2.81. The van der Waals surface area contributed by atoms with Crippen molar-refractivity contribution in [1.82, 2.24) is 4.90 Å². The molecule has 3 nitrogen and oxygen atoms in total. The summed E-state index contributed by atoms with van der Waals surface area (Å²) in [5.41, 5.74) is 0.921. The van der Waals surface area contributed by atoms with Crippen LogP contribution >= 0.6 is 0 Å². The second-order valence-corrected chi connectivity index (χ2v) is 5.48.